The number of aromatic nitrogens is 2. The summed E-state index contributed by atoms with van der Waals surface area (Å²) in [5.74, 6) is 2.68. The Balaban J connectivity index is 2.37. The fraction of sp³-hybridized carbons (Fsp3) is 0.667. The van der Waals surface area contributed by atoms with Crippen LogP contribution in [-0.4, -0.2) is 41.3 Å². The molecule has 5 heteroatoms. The quantitative estimate of drug-likeness (QED) is 0.818. The van der Waals surface area contributed by atoms with E-state index < -0.39 is 0 Å². The number of hydrogen-bond acceptors (Lipinski definition) is 5. The summed E-state index contributed by atoms with van der Waals surface area (Å²) in [5, 5.41) is 12.7. The van der Waals surface area contributed by atoms with E-state index in [-0.39, 0.29) is 6.10 Å². The summed E-state index contributed by atoms with van der Waals surface area (Å²) in [4.78, 5) is 11.2. The summed E-state index contributed by atoms with van der Waals surface area (Å²) in [6.45, 7) is 5.60. The van der Waals surface area contributed by atoms with Crippen molar-refractivity contribution in [1.29, 1.82) is 0 Å². The molecule has 2 N–H and O–H groups in total. The van der Waals surface area contributed by atoms with Crippen LogP contribution in [-0.2, 0) is 6.42 Å². The van der Waals surface area contributed by atoms with Crippen molar-refractivity contribution in [2.24, 2.45) is 0 Å². The molecule has 0 spiro atoms. The fourth-order valence-electron chi connectivity index (χ4n) is 2.19. The van der Waals surface area contributed by atoms with Crippen LogP contribution < -0.4 is 10.2 Å². The predicted octanol–water partition coefficient (Wildman–Crippen LogP) is 0.960. The predicted molar refractivity (Wildman–Crippen MR) is 68.5 cm³/mol. The summed E-state index contributed by atoms with van der Waals surface area (Å²) in [6, 6.07) is 0. The molecule has 1 aliphatic rings. The zero-order valence-corrected chi connectivity index (χ0v) is 10.7. The molecule has 2 rings (SSSR count). The lowest BCUT2D eigenvalue weighted by Gasteiger charge is -2.21. The summed E-state index contributed by atoms with van der Waals surface area (Å²) in [7, 11) is 1.87. The van der Waals surface area contributed by atoms with Crippen molar-refractivity contribution in [2.75, 3.05) is 30.4 Å². The third-order valence-corrected chi connectivity index (χ3v) is 3.18. The summed E-state index contributed by atoms with van der Waals surface area (Å²) in [6.07, 6.45) is 1.41. The Morgan fingerprint density at radius 3 is 2.76 bits per heavy atom. The van der Waals surface area contributed by atoms with E-state index in [1.807, 2.05) is 20.9 Å². The summed E-state index contributed by atoms with van der Waals surface area (Å²) < 4.78 is 0. The van der Waals surface area contributed by atoms with Crippen molar-refractivity contribution in [3.63, 3.8) is 0 Å². The smallest absolute Gasteiger partial charge is 0.137 e. The Labute approximate surface area is 102 Å². The number of rotatable bonds is 3. The Bertz CT molecular complexity index is 408. The first-order chi connectivity index (χ1) is 8.15. The first kappa shape index (κ1) is 12.1. The number of nitrogens with one attached hydrogen (secondary N) is 1. The molecule has 0 saturated carbocycles. The van der Waals surface area contributed by atoms with E-state index in [2.05, 4.69) is 20.2 Å². The van der Waals surface area contributed by atoms with Crippen LogP contribution in [0.3, 0.4) is 0 Å². The number of β-amino-alcohol motifs (C(OH)–C–C–N with tert-alkyl or cyclic N) is 1. The van der Waals surface area contributed by atoms with Gasteiger partial charge in [-0.15, -0.1) is 0 Å². The van der Waals surface area contributed by atoms with Crippen LogP contribution in [0.25, 0.3) is 0 Å². The molecule has 94 valence electrons. The molecule has 1 unspecified atom stereocenters. The van der Waals surface area contributed by atoms with Gasteiger partial charge in [0.2, 0.25) is 0 Å². The van der Waals surface area contributed by atoms with Crippen LogP contribution in [0.4, 0.5) is 11.6 Å². The van der Waals surface area contributed by atoms with Gasteiger partial charge in [0.1, 0.15) is 17.5 Å². The average molecular weight is 236 g/mol. The monoisotopic (exact) mass is 236 g/mol. The van der Waals surface area contributed by atoms with Gasteiger partial charge >= 0.3 is 0 Å². The second-order valence-corrected chi connectivity index (χ2v) is 4.43. The number of aliphatic hydroxyl groups excluding tert-OH is 1. The minimum Gasteiger partial charge on any atom is -0.391 e. The standard InChI is InChI=1S/C12H20N4O/c1-4-10-14-11(13-3)8(2)12(15-10)16-6-5-9(17)7-16/h9,17H,4-7H2,1-3H3,(H,13,14,15). The van der Waals surface area contributed by atoms with Crippen molar-refractivity contribution in [3.8, 4) is 0 Å². The van der Waals surface area contributed by atoms with Crippen molar-refractivity contribution in [1.82, 2.24) is 9.97 Å². The van der Waals surface area contributed by atoms with Crippen LogP contribution in [0.5, 0.6) is 0 Å². The van der Waals surface area contributed by atoms with Crippen LogP contribution >= 0.6 is 0 Å². The Morgan fingerprint density at radius 2 is 2.24 bits per heavy atom. The van der Waals surface area contributed by atoms with E-state index in [4.69, 9.17) is 0 Å². The highest BCUT2D eigenvalue weighted by molar-refractivity contribution is 5.59. The third-order valence-electron chi connectivity index (χ3n) is 3.18. The van der Waals surface area contributed by atoms with Gasteiger partial charge in [0, 0.05) is 32.1 Å². The molecule has 1 atom stereocenters. The molecule has 1 aliphatic heterocycles. The highest BCUT2D eigenvalue weighted by Crippen LogP contribution is 2.26. The van der Waals surface area contributed by atoms with E-state index in [0.717, 1.165) is 42.4 Å². The maximum absolute atomic E-state index is 9.60. The van der Waals surface area contributed by atoms with Gasteiger partial charge in [-0.3, -0.25) is 0 Å². The van der Waals surface area contributed by atoms with Crippen molar-refractivity contribution in [3.05, 3.63) is 11.4 Å². The highest BCUT2D eigenvalue weighted by atomic mass is 16.3. The topological polar surface area (TPSA) is 61.3 Å². The van der Waals surface area contributed by atoms with Crippen molar-refractivity contribution in [2.45, 2.75) is 32.8 Å². The molecule has 1 fully saturated rings. The lowest BCUT2D eigenvalue weighted by atomic mass is 10.2. The number of aliphatic hydroxyl groups is 1. The molecule has 17 heavy (non-hydrogen) atoms. The Hall–Kier alpha value is -1.36. The van der Waals surface area contributed by atoms with Gasteiger partial charge in [-0.1, -0.05) is 6.92 Å². The normalized spacial score (nSPS) is 19.8. The second kappa shape index (κ2) is 4.87. The first-order valence-electron chi connectivity index (χ1n) is 6.14. The van der Waals surface area contributed by atoms with Gasteiger partial charge < -0.3 is 15.3 Å². The summed E-state index contributed by atoms with van der Waals surface area (Å²) in [5.41, 5.74) is 1.05. The van der Waals surface area contributed by atoms with Crippen LogP contribution in [0.1, 0.15) is 24.7 Å². The lowest BCUT2D eigenvalue weighted by Crippen LogP contribution is -2.24. The number of nitrogens with zero attached hydrogens (tertiary/aromatic N) is 3. The van der Waals surface area contributed by atoms with Crippen molar-refractivity contribution < 1.29 is 5.11 Å². The lowest BCUT2D eigenvalue weighted by molar-refractivity contribution is 0.198. The maximum Gasteiger partial charge on any atom is 0.137 e. The van der Waals surface area contributed by atoms with Gasteiger partial charge in [0.15, 0.2) is 0 Å². The first-order valence-corrected chi connectivity index (χ1v) is 6.14. The molecule has 0 amide bonds. The molecule has 0 bridgehead atoms. The molecular weight excluding hydrogens is 216 g/mol. The van der Waals surface area contributed by atoms with E-state index in [1.165, 1.54) is 0 Å². The third kappa shape index (κ3) is 2.34. The van der Waals surface area contributed by atoms with E-state index in [1.54, 1.807) is 0 Å². The number of anilines is 2. The Kier molecular flexibility index (Phi) is 3.47. The zero-order valence-electron chi connectivity index (χ0n) is 10.7. The minimum absolute atomic E-state index is 0.229. The van der Waals surface area contributed by atoms with Crippen LogP contribution in [0, 0.1) is 6.92 Å². The molecule has 0 aliphatic carbocycles. The SMILES string of the molecule is CCc1nc(NC)c(C)c(N2CCC(O)C2)n1. The minimum atomic E-state index is -0.229. The van der Waals surface area contributed by atoms with Gasteiger partial charge in [-0.25, -0.2) is 9.97 Å². The number of hydrogen-bond donors (Lipinski definition) is 2. The van der Waals surface area contributed by atoms with Crippen LogP contribution in [0.15, 0.2) is 0 Å². The molecule has 5 nitrogen and oxygen atoms in total. The van der Waals surface area contributed by atoms with Gasteiger partial charge in [0.25, 0.3) is 0 Å². The highest BCUT2D eigenvalue weighted by Gasteiger charge is 2.24. The molecular formula is C12H20N4O. The number of aryl methyl sites for hydroxylation is 1. The van der Waals surface area contributed by atoms with Gasteiger partial charge in [-0.05, 0) is 13.3 Å². The average Bonchev–Trinajstić information content (AvgIpc) is 2.76. The molecule has 1 aromatic rings. The van der Waals surface area contributed by atoms with E-state index in [0.29, 0.717) is 6.54 Å². The second-order valence-electron chi connectivity index (χ2n) is 4.43. The fourth-order valence-corrected chi connectivity index (χ4v) is 2.19. The largest absolute Gasteiger partial charge is 0.391 e. The molecule has 2 heterocycles. The zero-order chi connectivity index (χ0) is 12.4. The van der Waals surface area contributed by atoms with E-state index >= 15 is 0 Å². The van der Waals surface area contributed by atoms with Crippen LogP contribution in [0.2, 0.25) is 0 Å². The van der Waals surface area contributed by atoms with Crippen molar-refractivity contribution >= 4 is 11.6 Å². The van der Waals surface area contributed by atoms with E-state index in [9.17, 15) is 5.11 Å². The Morgan fingerprint density at radius 1 is 1.47 bits per heavy atom. The molecule has 1 aromatic heterocycles. The summed E-state index contributed by atoms with van der Waals surface area (Å²) >= 11 is 0. The van der Waals surface area contributed by atoms with Gasteiger partial charge in [0.05, 0.1) is 6.10 Å². The molecule has 1 saturated heterocycles. The molecule has 0 radical (unpaired) electrons. The molecule has 0 aromatic carbocycles. The van der Waals surface area contributed by atoms with Gasteiger partial charge in [-0.2, -0.15) is 0 Å². The maximum atomic E-state index is 9.60.